The van der Waals surface area contributed by atoms with Crippen molar-refractivity contribution in [3.05, 3.63) is 53.1 Å². The zero-order valence-electron chi connectivity index (χ0n) is 14.2. The van der Waals surface area contributed by atoms with Gasteiger partial charge in [0.15, 0.2) is 5.78 Å². The highest BCUT2D eigenvalue weighted by Crippen LogP contribution is 2.27. The van der Waals surface area contributed by atoms with E-state index >= 15 is 0 Å². The molecule has 0 aliphatic carbocycles. The van der Waals surface area contributed by atoms with Crippen molar-refractivity contribution in [3.8, 4) is 11.5 Å². The van der Waals surface area contributed by atoms with E-state index in [1.54, 1.807) is 42.5 Å². The summed E-state index contributed by atoms with van der Waals surface area (Å²) in [6, 6.07) is 11.8. The molecule has 5 nitrogen and oxygen atoms in total. The predicted octanol–water partition coefficient (Wildman–Crippen LogP) is 4.35. The van der Waals surface area contributed by atoms with Crippen LogP contribution in [0.25, 0.3) is 0 Å². The van der Waals surface area contributed by atoms with Crippen molar-refractivity contribution < 1.29 is 19.1 Å². The Labute approximate surface area is 151 Å². The van der Waals surface area contributed by atoms with Crippen LogP contribution in [0.2, 0.25) is 5.02 Å². The number of anilines is 1. The molecule has 0 aliphatic rings. The third-order valence-electron chi connectivity index (χ3n) is 3.50. The van der Waals surface area contributed by atoms with Gasteiger partial charge in [0.1, 0.15) is 11.5 Å². The molecule has 0 aliphatic heterocycles. The van der Waals surface area contributed by atoms with E-state index in [4.69, 9.17) is 21.1 Å². The van der Waals surface area contributed by atoms with Crippen LogP contribution in [0.15, 0.2) is 42.5 Å². The van der Waals surface area contributed by atoms with Crippen molar-refractivity contribution in [2.45, 2.75) is 19.8 Å². The molecule has 0 fully saturated rings. The molecule has 1 N–H and O–H groups in total. The number of methoxy groups -OCH3 is 1. The van der Waals surface area contributed by atoms with Gasteiger partial charge in [-0.1, -0.05) is 11.6 Å². The topological polar surface area (TPSA) is 64.6 Å². The number of carbonyl (C=O) groups excluding carboxylic acids is 2. The van der Waals surface area contributed by atoms with Crippen LogP contribution in [-0.4, -0.2) is 25.4 Å². The van der Waals surface area contributed by atoms with Crippen LogP contribution in [0.5, 0.6) is 11.5 Å². The summed E-state index contributed by atoms with van der Waals surface area (Å²) in [5.41, 5.74) is 1.03. The lowest BCUT2D eigenvalue weighted by Crippen LogP contribution is -2.14. The molecule has 0 saturated heterocycles. The molecule has 0 saturated carbocycles. The van der Waals surface area contributed by atoms with E-state index < -0.39 is 0 Å². The van der Waals surface area contributed by atoms with Crippen molar-refractivity contribution in [1.29, 1.82) is 0 Å². The fraction of sp³-hybridized carbons (Fsp3) is 0.263. The monoisotopic (exact) mass is 361 g/mol. The van der Waals surface area contributed by atoms with Gasteiger partial charge in [0.25, 0.3) is 0 Å². The smallest absolute Gasteiger partial charge is 0.224 e. The Hall–Kier alpha value is -2.53. The molecule has 0 spiro atoms. The van der Waals surface area contributed by atoms with Crippen molar-refractivity contribution in [2.75, 3.05) is 19.0 Å². The van der Waals surface area contributed by atoms with Crippen LogP contribution >= 0.6 is 11.6 Å². The van der Waals surface area contributed by atoms with E-state index in [9.17, 15) is 9.59 Å². The van der Waals surface area contributed by atoms with Gasteiger partial charge in [0, 0.05) is 23.4 Å². The highest BCUT2D eigenvalue weighted by Gasteiger charge is 2.12. The molecule has 0 heterocycles. The van der Waals surface area contributed by atoms with Gasteiger partial charge in [0.2, 0.25) is 5.91 Å². The Morgan fingerprint density at radius 3 is 2.44 bits per heavy atom. The number of ketones is 1. The summed E-state index contributed by atoms with van der Waals surface area (Å²) < 4.78 is 10.5. The Morgan fingerprint density at radius 1 is 1.08 bits per heavy atom. The van der Waals surface area contributed by atoms with Crippen LogP contribution in [-0.2, 0) is 4.79 Å². The van der Waals surface area contributed by atoms with Gasteiger partial charge in [-0.25, -0.2) is 0 Å². The molecule has 2 aromatic carbocycles. The maximum absolute atomic E-state index is 12.2. The average molecular weight is 362 g/mol. The summed E-state index contributed by atoms with van der Waals surface area (Å²) in [6.07, 6.45) is 0.185. The second-order valence-electron chi connectivity index (χ2n) is 5.27. The highest BCUT2D eigenvalue weighted by atomic mass is 35.5. The molecule has 0 radical (unpaired) electrons. The molecule has 25 heavy (non-hydrogen) atoms. The number of benzene rings is 2. The molecule has 132 valence electrons. The fourth-order valence-corrected chi connectivity index (χ4v) is 2.44. The molecule has 6 heteroatoms. The number of amides is 1. The largest absolute Gasteiger partial charge is 0.495 e. The third kappa shape index (κ3) is 5.50. The minimum atomic E-state index is -0.278. The summed E-state index contributed by atoms with van der Waals surface area (Å²) in [6.45, 7) is 2.47. The summed E-state index contributed by atoms with van der Waals surface area (Å²) in [5, 5.41) is 3.20. The molecule has 2 rings (SSSR count). The number of rotatable bonds is 8. The zero-order chi connectivity index (χ0) is 18.2. The number of hydrogen-bond acceptors (Lipinski definition) is 4. The number of hydrogen-bond donors (Lipinski definition) is 1. The number of Topliss-reactive ketones (excluding diaryl/α,β-unsaturated/α-hetero) is 1. The molecule has 1 amide bonds. The zero-order valence-corrected chi connectivity index (χ0v) is 14.9. The maximum atomic E-state index is 12.2. The van der Waals surface area contributed by atoms with Gasteiger partial charge >= 0.3 is 0 Å². The van der Waals surface area contributed by atoms with Crippen LogP contribution in [0.4, 0.5) is 5.69 Å². The van der Waals surface area contributed by atoms with E-state index in [-0.39, 0.29) is 24.5 Å². The van der Waals surface area contributed by atoms with E-state index in [2.05, 4.69) is 5.32 Å². The Balaban J connectivity index is 1.91. The molecule has 0 aromatic heterocycles. The normalized spacial score (nSPS) is 10.2. The third-order valence-corrected chi connectivity index (χ3v) is 3.74. The Morgan fingerprint density at radius 2 is 1.80 bits per heavy atom. The number of nitrogens with one attached hydrogen (secondary N) is 1. The van der Waals surface area contributed by atoms with Crippen LogP contribution in [0, 0.1) is 0 Å². The summed E-state index contributed by atoms with van der Waals surface area (Å²) in [4.78, 5) is 24.3. The lowest BCUT2D eigenvalue weighted by Gasteiger charge is -2.10. The quantitative estimate of drug-likeness (QED) is 0.710. The first-order valence-corrected chi connectivity index (χ1v) is 8.30. The van der Waals surface area contributed by atoms with Gasteiger partial charge in [0.05, 0.1) is 19.4 Å². The van der Waals surface area contributed by atoms with E-state index in [1.807, 2.05) is 6.92 Å². The lowest BCUT2D eigenvalue weighted by atomic mass is 10.1. The summed E-state index contributed by atoms with van der Waals surface area (Å²) in [5.74, 6) is 0.844. The molecular formula is C19H20ClNO4. The minimum Gasteiger partial charge on any atom is -0.495 e. The molecule has 0 atom stereocenters. The lowest BCUT2D eigenvalue weighted by molar-refractivity contribution is -0.116. The van der Waals surface area contributed by atoms with Crippen LogP contribution < -0.4 is 14.8 Å². The molecule has 0 unspecified atom stereocenters. The van der Waals surface area contributed by atoms with E-state index in [0.29, 0.717) is 34.4 Å². The fourth-order valence-electron chi connectivity index (χ4n) is 2.27. The van der Waals surface area contributed by atoms with E-state index in [1.165, 1.54) is 7.11 Å². The van der Waals surface area contributed by atoms with Crippen molar-refractivity contribution in [1.82, 2.24) is 0 Å². The molecule has 0 bridgehead atoms. The van der Waals surface area contributed by atoms with Gasteiger partial charge in [-0.15, -0.1) is 0 Å². The average Bonchev–Trinajstić information content (AvgIpc) is 2.61. The van der Waals surface area contributed by atoms with Gasteiger partial charge in [-0.05, 0) is 49.4 Å². The summed E-state index contributed by atoms with van der Waals surface area (Å²) in [7, 11) is 1.51. The second kappa shape index (κ2) is 9.08. The van der Waals surface area contributed by atoms with Gasteiger partial charge in [-0.3, -0.25) is 9.59 Å². The van der Waals surface area contributed by atoms with Gasteiger partial charge < -0.3 is 14.8 Å². The maximum Gasteiger partial charge on any atom is 0.224 e. The van der Waals surface area contributed by atoms with Crippen molar-refractivity contribution in [3.63, 3.8) is 0 Å². The van der Waals surface area contributed by atoms with Crippen LogP contribution in [0.1, 0.15) is 30.1 Å². The first-order chi connectivity index (χ1) is 12.0. The highest BCUT2D eigenvalue weighted by molar-refractivity contribution is 6.31. The summed E-state index contributed by atoms with van der Waals surface area (Å²) >= 11 is 5.93. The second-order valence-corrected chi connectivity index (χ2v) is 5.71. The predicted molar refractivity (Wildman–Crippen MR) is 97.8 cm³/mol. The first kappa shape index (κ1) is 18.8. The number of ether oxygens (including phenoxy) is 2. The van der Waals surface area contributed by atoms with Gasteiger partial charge in [-0.2, -0.15) is 0 Å². The SMILES string of the molecule is CCOc1ccc(C(=O)CCC(=O)Nc2cc(Cl)ccc2OC)cc1. The molecular weight excluding hydrogens is 342 g/mol. The van der Waals surface area contributed by atoms with Crippen molar-refractivity contribution >= 4 is 29.0 Å². The standard InChI is InChI=1S/C19H20ClNO4/c1-3-25-15-7-4-13(5-8-15)17(22)9-11-19(23)21-16-12-14(20)6-10-18(16)24-2/h4-8,10,12H,3,9,11H2,1-2H3,(H,21,23). The number of halogens is 1. The molecule has 2 aromatic rings. The van der Waals surface area contributed by atoms with E-state index in [0.717, 1.165) is 0 Å². The number of carbonyl (C=O) groups is 2. The van der Waals surface area contributed by atoms with Crippen molar-refractivity contribution in [2.24, 2.45) is 0 Å². The Bertz CT molecular complexity index is 744. The first-order valence-electron chi connectivity index (χ1n) is 7.93. The Kier molecular flexibility index (Phi) is 6.83. The van der Waals surface area contributed by atoms with Crippen LogP contribution in [0.3, 0.4) is 0 Å². The minimum absolute atomic E-state index is 0.0711.